The molecule has 92 valence electrons. The third-order valence-electron chi connectivity index (χ3n) is 2.47. The molecule has 0 spiro atoms. The smallest absolute Gasteiger partial charge is 0.262 e. The topological polar surface area (TPSA) is 50.4 Å². The van der Waals surface area contributed by atoms with Crippen LogP contribution in [0.5, 0.6) is 5.75 Å². The van der Waals surface area contributed by atoms with Gasteiger partial charge in [0.2, 0.25) is 0 Å². The van der Waals surface area contributed by atoms with Crippen LogP contribution >= 0.6 is 11.8 Å². The number of ether oxygens (including phenoxy) is 1. The molecule has 1 amide bonds. The molecule has 1 aliphatic rings. The monoisotopic (exact) mass is 252 g/mol. The number of thioether (sulfide) groups is 1. The average molecular weight is 252 g/mol. The van der Waals surface area contributed by atoms with Crippen molar-refractivity contribution in [1.82, 2.24) is 0 Å². The second kappa shape index (κ2) is 5.82. The maximum absolute atomic E-state index is 11.2. The van der Waals surface area contributed by atoms with Crippen LogP contribution in [0.1, 0.15) is 6.42 Å². The summed E-state index contributed by atoms with van der Waals surface area (Å²) in [5.41, 5.74) is 1.76. The van der Waals surface area contributed by atoms with Crippen LogP contribution < -0.4 is 15.4 Å². The van der Waals surface area contributed by atoms with Gasteiger partial charge in [0.25, 0.3) is 5.91 Å². The van der Waals surface area contributed by atoms with Crippen molar-refractivity contribution >= 4 is 29.0 Å². The lowest BCUT2D eigenvalue weighted by Gasteiger charge is -2.18. The van der Waals surface area contributed by atoms with Crippen molar-refractivity contribution in [2.75, 3.05) is 35.8 Å². The largest absolute Gasteiger partial charge is 0.482 e. The third-order valence-corrected chi connectivity index (χ3v) is 3.16. The lowest BCUT2D eigenvalue weighted by atomic mass is 10.2. The van der Waals surface area contributed by atoms with Gasteiger partial charge in [-0.3, -0.25) is 4.79 Å². The number of nitrogens with one attached hydrogen (secondary N) is 2. The highest BCUT2D eigenvalue weighted by Gasteiger charge is 2.15. The molecule has 0 saturated carbocycles. The van der Waals surface area contributed by atoms with E-state index >= 15 is 0 Å². The number of anilines is 2. The van der Waals surface area contributed by atoms with Gasteiger partial charge in [-0.25, -0.2) is 0 Å². The third kappa shape index (κ3) is 3.30. The molecule has 1 aromatic rings. The molecule has 0 atom stereocenters. The Morgan fingerprint density at radius 2 is 2.41 bits per heavy atom. The maximum atomic E-state index is 11.2. The summed E-state index contributed by atoms with van der Waals surface area (Å²) in [5, 5.41) is 6.12. The van der Waals surface area contributed by atoms with E-state index in [-0.39, 0.29) is 12.5 Å². The number of rotatable bonds is 5. The van der Waals surface area contributed by atoms with Gasteiger partial charge in [-0.2, -0.15) is 11.8 Å². The molecule has 0 radical (unpaired) electrons. The van der Waals surface area contributed by atoms with Crippen LogP contribution in [-0.2, 0) is 4.79 Å². The summed E-state index contributed by atoms with van der Waals surface area (Å²) >= 11 is 1.84. The molecule has 0 unspecified atom stereocenters. The molecule has 1 heterocycles. The van der Waals surface area contributed by atoms with Crippen molar-refractivity contribution < 1.29 is 9.53 Å². The fourth-order valence-electron chi connectivity index (χ4n) is 1.64. The van der Waals surface area contributed by atoms with Gasteiger partial charge in [0.15, 0.2) is 6.61 Å². The summed E-state index contributed by atoms with van der Waals surface area (Å²) < 4.78 is 5.29. The van der Waals surface area contributed by atoms with E-state index in [1.165, 1.54) is 0 Å². The molecule has 0 aliphatic carbocycles. The first kappa shape index (κ1) is 12.1. The molecular weight excluding hydrogens is 236 g/mol. The van der Waals surface area contributed by atoms with Crippen LogP contribution in [0.4, 0.5) is 11.4 Å². The molecule has 5 heteroatoms. The standard InChI is InChI=1S/C12H16N2O2S/c1-17-6-2-5-13-9-3-4-11-10(7-9)14-12(15)8-16-11/h3-4,7,13H,2,5-6,8H2,1H3,(H,14,15). The van der Waals surface area contributed by atoms with Gasteiger partial charge in [0.1, 0.15) is 5.75 Å². The van der Waals surface area contributed by atoms with E-state index in [9.17, 15) is 4.79 Å². The molecule has 4 nitrogen and oxygen atoms in total. The Balaban J connectivity index is 1.95. The average Bonchev–Trinajstić information content (AvgIpc) is 2.34. The molecule has 2 N–H and O–H groups in total. The van der Waals surface area contributed by atoms with Gasteiger partial charge in [-0.1, -0.05) is 0 Å². The lowest BCUT2D eigenvalue weighted by molar-refractivity contribution is -0.118. The van der Waals surface area contributed by atoms with Crippen molar-refractivity contribution in [2.24, 2.45) is 0 Å². The molecule has 0 fully saturated rings. The summed E-state index contributed by atoms with van der Waals surface area (Å²) in [6.45, 7) is 1.04. The van der Waals surface area contributed by atoms with Crippen LogP contribution in [0, 0.1) is 0 Å². The Labute approximate surface area is 105 Å². The van der Waals surface area contributed by atoms with Gasteiger partial charge >= 0.3 is 0 Å². The van der Waals surface area contributed by atoms with Crippen LogP contribution in [0.15, 0.2) is 18.2 Å². The zero-order chi connectivity index (χ0) is 12.1. The Hall–Kier alpha value is -1.36. The molecule has 1 aromatic carbocycles. The van der Waals surface area contributed by atoms with Gasteiger partial charge in [-0.15, -0.1) is 0 Å². The molecule has 2 rings (SSSR count). The minimum atomic E-state index is -0.1000. The number of hydrogen-bond donors (Lipinski definition) is 2. The summed E-state index contributed by atoms with van der Waals surface area (Å²) in [4.78, 5) is 11.2. The first-order valence-electron chi connectivity index (χ1n) is 5.59. The van der Waals surface area contributed by atoms with E-state index in [1.807, 2.05) is 30.0 Å². The van der Waals surface area contributed by atoms with E-state index in [1.54, 1.807) is 0 Å². The van der Waals surface area contributed by atoms with Crippen LogP contribution in [-0.4, -0.2) is 31.1 Å². The SMILES string of the molecule is CSCCCNc1ccc2c(c1)NC(=O)CO2. The zero-order valence-electron chi connectivity index (χ0n) is 9.79. The quantitative estimate of drug-likeness (QED) is 0.789. The van der Waals surface area contributed by atoms with Crippen LogP contribution in [0.25, 0.3) is 0 Å². The van der Waals surface area contributed by atoms with E-state index in [2.05, 4.69) is 16.9 Å². The van der Waals surface area contributed by atoms with Crippen LogP contribution in [0.3, 0.4) is 0 Å². The minimum absolute atomic E-state index is 0.1000. The van der Waals surface area contributed by atoms with E-state index in [0.717, 1.165) is 35.8 Å². The molecule has 0 saturated heterocycles. The Morgan fingerprint density at radius 1 is 1.53 bits per heavy atom. The first-order chi connectivity index (χ1) is 8.29. The molecule has 0 bridgehead atoms. The number of fused-ring (bicyclic) bond motifs is 1. The zero-order valence-corrected chi connectivity index (χ0v) is 10.6. The Morgan fingerprint density at radius 3 is 3.24 bits per heavy atom. The van der Waals surface area contributed by atoms with Crippen molar-refractivity contribution in [3.8, 4) is 5.75 Å². The highest BCUT2D eigenvalue weighted by atomic mass is 32.2. The van der Waals surface area contributed by atoms with E-state index in [4.69, 9.17) is 4.74 Å². The van der Waals surface area contributed by atoms with E-state index < -0.39 is 0 Å². The second-order valence-corrected chi connectivity index (χ2v) is 4.81. The van der Waals surface area contributed by atoms with Crippen LogP contribution in [0.2, 0.25) is 0 Å². The van der Waals surface area contributed by atoms with Crippen molar-refractivity contribution in [1.29, 1.82) is 0 Å². The Bertz CT molecular complexity index is 409. The predicted molar refractivity (Wildman–Crippen MR) is 72.1 cm³/mol. The molecule has 1 aliphatic heterocycles. The minimum Gasteiger partial charge on any atom is -0.482 e. The number of amides is 1. The second-order valence-electron chi connectivity index (χ2n) is 3.82. The summed E-state index contributed by atoms with van der Waals surface area (Å²) in [5.74, 6) is 1.79. The van der Waals surface area contributed by atoms with Gasteiger partial charge in [0, 0.05) is 12.2 Å². The fraction of sp³-hybridized carbons (Fsp3) is 0.417. The highest BCUT2D eigenvalue weighted by Crippen LogP contribution is 2.30. The Kier molecular flexibility index (Phi) is 4.14. The summed E-state index contributed by atoms with van der Waals surface area (Å²) in [6.07, 6.45) is 3.23. The summed E-state index contributed by atoms with van der Waals surface area (Å²) in [7, 11) is 0. The number of hydrogen-bond acceptors (Lipinski definition) is 4. The normalized spacial score (nSPS) is 13.6. The van der Waals surface area contributed by atoms with Gasteiger partial charge in [-0.05, 0) is 36.6 Å². The molecule has 0 aromatic heterocycles. The first-order valence-corrected chi connectivity index (χ1v) is 6.98. The van der Waals surface area contributed by atoms with Gasteiger partial charge < -0.3 is 15.4 Å². The van der Waals surface area contributed by atoms with Crippen molar-refractivity contribution in [2.45, 2.75) is 6.42 Å². The molecular formula is C12H16N2O2S. The lowest BCUT2D eigenvalue weighted by Crippen LogP contribution is -2.25. The van der Waals surface area contributed by atoms with Crippen molar-refractivity contribution in [3.63, 3.8) is 0 Å². The van der Waals surface area contributed by atoms with Gasteiger partial charge in [0.05, 0.1) is 5.69 Å². The summed E-state index contributed by atoms with van der Waals surface area (Å²) in [6, 6.07) is 5.76. The van der Waals surface area contributed by atoms with Crippen molar-refractivity contribution in [3.05, 3.63) is 18.2 Å². The highest BCUT2D eigenvalue weighted by molar-refractivity contribution is 7.98. The maximum Gasteiger partial charge on any atom is 0.262 e. The number of benzene rings is 1. The van der Waals surface area contributed by atoms with E-state index in [0.29, 0.717) is 0 Å². The molecule has 17 heavy (non-hydrogen) atoms. The predicted octanol–water partition coefficient (Wildman–Crippen LogP) is 2.18. The fourth-order valence-corrected chi connectivity index (χ4v) is 2.08. The number of carbonyl (C=O) groups excluding carboxylic acids is 1. The number of carbonyl (C=O) groups is 1.